The van der Waals surface area contributed by atoms with Gasteiger partial charge in [-0.25, -0.2) is 9.87 Å². The summed E-state index contributed by atoms with van der Waals surface area (Å²) in [5, 5.41) is 8.38. The van der Waals surface area contributed by atoms with Crippen LogP contribution in [0, 0.1) is 12.7 Å². The highest BCUT2D eigenvalue weighted by molar-refractivity contribution is 6.06. The lowest BCUT2D eigenvalue weighted by Gasteiger charge is -2.00. The summed E-state index contributed by atoms with van der Waals surface area (Å²) in [7, 11) is 0. The SMILES string of the molecule is Cc1cccc(C(=O)C=Cc2ccc(C=CC(=O)NO)cc2F)c1. The molecule has 2 N–H and O–H groups in total. The number of carbonyl (C=O) groups excluding carboxylic acids is 2. The van der Waals surface area contributed by atoms with Crippen LogP contribution < -0.4 is 5.48 Å². The third-order valence-electron chi connectivity index (χ3n) is 3.28. The van der Waals surface area contributed by atoms with Crippen molar-refractivity contribution in [1.82, 2.24) is 5.48 Å². The van der Waals surface area contributed by atoms with Crippen LogP contribution >= 0.6 is 0 Å². The molecule has 2 aromatic rings. The van der Waals surface area contributed by atoms with Crippen molar-refractivity contribution in [3.8, 4) is 0 Å². The first-order chi connectivity index (χ1) is 11.5. The number of aryl methyl sites for hydroxylation is 1. The molecule has 1 amide bonds. The van der Waals surface area contributed by atoms with Crippen LogP contribution in [-0.4, -0.2) is 16.9 Å². The lowest BCUT2D eigenvalue weighted by atomic mass is 10.1. The Labute approximate surface area is 138 Å². The molecule has 0 bridgehead atoms. The van der Waals surface area contributed by atoms with Gasteiger partial charge in [0.2, 0.25) is 0 Å². The second-order valence-electron chi connectivity index (χ2n) is 5.16. The van der Waals surface area contributed by atoms with Crippen LogP contribution in [-0.2, 0) is 4.79 Å². The molecular formula is C19H16FNO3. The van der Waals surface area contributed by atoms with Crippen LogP contribution in [0.5, 0.6) is 0 Å². The van der Waals surface area contributed by atoms with Crippen molar-refractivity contribution < 1.29 is 19.2 Å². The number of nitrogens with one attached hydrogen (secondary N) is 1. The van der Waals surface area contributed by atoms with E-state index in [0.717, 1.165) is 11.6 Å². The fraction of sp³-hybridized carbons (Fsp3) is 0.0526. The number of hydroxylamine groups is 1. The summed E-state index contributed by atoms with van der Waals surface area (Å²) >= 11 is 0. The van der Waals surface area contributed by atoms with Crippen molar-refractivity contribution in [2.24, 2.45) is 0 Å². The van der Waals surface area contributed by atoms with E-state index in [1.54, 1.807) is 24.3 Å². The number of ketones is 1. The Morgan fingerprint density at radius 2 is 1.88 bits per heavy atom. The summed E-state index contributed by atoms with van der Waals surface area (Å²) in [6.45, 7) is 1.89. The molecule has 0 aliphatic rings. The number of hydrogen-bond donors (Lipinski definition) is 2. The van der Waals surface area contributed by atoms with E-state index in [1.165, 1.54) is 35.8 Å². The fourth-order valence-electron chi connectivity index (χ4n) is 2.05. The van der Waals surface area contributed by atoms with E-state index in [2.05, 4.69) is 0 Å². The zero-order valence-electron chi connectivity index (χ0n) is 13.0. The minimum atomic E-state index is -0.705. The monoisotopic (exact) mass is 325 g/mol. The predicted octanol–water partition coefficient (Wildman–Crippen LogP) is 3.55. The van der Waals surface area contributed by atoms with Gasteiger partial charge in [-0.2, -0.15) is 0 Å². The second-order valence-corrected chi connectivity index (χ2v) is 5.16. The third-order valence-corrected chi connectivity index (χ3v) is 3.28. The molecule has 0 aliphatic heterocycles. The number of halogens is 1. The van der Waals surface area contributed by atoms with Crippen LogP contribution in [0.25, 0.3) is 12.2 Å². The summed E-state index contributed by atoms with van der Waals surface area (Å²) in [6.07, 6.45) is 5.17. The van der Waals surface area contributed by atoms with Crippen LogP contribution in [0.2, 0.25) is 0 Å². The van der Waals surface area contributed by atoms with Gasteiger partial charge in [-0.05, 0) is 42.8 Å². The number of allylic oxidation sites excluding steroid dienone is 1. The Balaban J connectivity index is 2.14. The Morgan fingerprint density at radius 3 is 2.54 bits per heavy atom. The van der Waals surface area contributed by atoms with Crippen molar-refractivity contribution in [3.63, 3.8) is 0 Å². The Bertz CT molecular complexity index is 825. The summed E-state index contributed by atoms with van der Waals surface area (Å²) < 4.78 is 14.0. The Kier molecular flexibility index (Phi) is 5.76. The summed E-state index contributed by atoms with van der Waals surface area (Å²) in [4.78, 5) is 23.0. The largest absolute Gasteiger partial charge is 0.289 e. The highest BCUT2D eigenvalue weighted by Crippen LogP contribution is 2.14. The molecular weight excluding hydrogens is 309 g/mol. The highest BCUT2D eigenvalue weighted by Gasteiger charge is 2.04. The summed E-state index contributed by atoms with van der Waals surface area (Å²) in [5.41, 5.74) is 3.68. The van der Waals surface area contributed by atoms with Crippen LogP contribution in [0.4, 0.5) is 4.39 Å². The molecule has 4 nitrogen and oxygen atoms in total. The maximum Gasteiger partial charge on any atom is 0.267 e. The number of rotatable bonds is 5. The average molecular weight is 325 g/mol. The van der Waals surface area contributed by atoms with E-state index in [0.29, 0.717) is 11.1 Å². The highest BCUT2D eigenvalue weighted by atomic mass is 19.1. The minimum Gasteiger partial charge on any atom is -0.289 e. The molecule has 0 aliphatic carbocycles. The molecule has 0 aromatic heterocycles. The lowest BCUT2D eigenvalue weighted by molar-refractivity contribution is -0.124. The normalized spacial score (nSPS) is 11.1. The van der Waals surface area contributed by atoms with Crippen molar-refractivity contribution in [3.05, 3.63) is 82.7 Å². The van der Waals surface area contributed by atoms with E-state index in [1.807, 2.05) is 13.0 Å². The molecule has 24 heavy (non-hydrogen) atoms. The minimum absolute atomic E-state index is 0.207. The maximum atomic E-state index is 14.0. The third kappa shape index (κ3) is 4.72. The Morgan fingerprint density at radius 1 is 1.08 bits per heavy atom. The molecule has 0 unspecified atom stereocenters. The maximum absolute atomic E-state index is 14.0. The zero-order chi connectivity index (χ0) is 17.5. The van der Waals surface area contributed by atoms with Gasteiger partial charge < -0.3 is 0 Å². The topological polar surface area (TPSA) is 66.4 Å². The van der Waals surface area contributed by atoms with Gasteiger partial charge in [0.15, 0.2) is 5.78 Å². The van der Waals surface area contributed by atoms with Crippen molar-refractivity contribution in [2.45, 2.75) is 6.92 Å². The molecule has 122 valence electrons. The molecule has 2 rings (SSSR count). The summed E-state index contributed by atoms with van der Waals surface area (Å²) in [5.74, 6) is -1.43. The van der Waals surface area contributed by atoms with E-state index in [9.17, 15) is 14.0 Å². The van der Waals surface area contributed by atoms with Gasteiger partial charge in [0.05, 0.1) is 0 Å². The first-order valence-electron chi connectivity index (χ1n) is 7.20. The molecule has 0 spiro atoms. The van der Waals surface area contributed by atoms with Gasteiger partial charge in [0.25, 0.3) is 5.91 Å². The molecule has 5 heteroatoms. The van der Waals surface area contributed by atoms with E-state index in [-0.39, 0.29) is 11.3 Å². The molecule has 0 heterocycles. The van der Waals surface area contributed by atoms with Crippen molar-refractivity contribution in [1.29, 1.82) is 0 Å². The van der Waals surface area contributed by atoms with Crippen LogP contribution in [0.1, 0.15) is 27.0 Å². The summed E-state index contributed by atoms with van der Waals surface area (Å²) in [6, 6.07) is 11.5. The van der Waals surface area contributed by atoms with Gasteiger partial charge in [-0.1, -0.05) is 35.9 Å². The van der Waals surface area contributed by atoms with E-state index >= 15 is 0 Å². The lowest BCUT2D eigenvalue weighted by Crippen LogP contribution is -2.14. The van der Waals surface area contributed by atoms with Gasteiger partial charge >= 0.3 is 0 Å². The number of benzene rings is 2. The second kappa shape index (κ2) is 7.99. The van der Waals surface area contributed by atoms with Gasteiger partial charge in [0.1, 0.15) is 5.82 Å². The molecule has 0 atom stereocenters. The van der Waals surface area contributed by atoms with Crippen LogP contribution in [0.3, 0.4) is 0 Å². The average Bonchev–Trinajstić information content (AvgIpc) is 2.58. The number of carbonyl (C=O) groups is 2. The fourth-order valence-corrected chi connectivity index (χ4v) is 2.05. The number of amides is 1. The Hall–Kier alpha value is -3.05. The molecule has 0 saturated heterocycles. The quantitative estimate of drug-likeness (QED) is 0.382. The van der Waals surface area contributed by atoms with Gasteiger partial charge in [0, 0.05) is 17.2 Å². The molecule has 0 fully saturated rings. The smallest absolute Gasteiger partial charge is 0.267 e. The van der Waals surface area contributed by atoms with Crippen molar-refractivity contribution >= 4 is 23.8 Å². The van der Waals surface area contributed by atoms with Crippen molar-refractivity contribution in [2.75, 3.05) is 0 Å². The molecule has 2 aromatic carbocycles. The van der Waals surface area contributed by atoms with Gasteiger partial charge in [-0.15, -0.1) is 0 Å². The molecule has 0 radical (unpaired) electrons. The van der Waals surface area contributed by atoms with E-state index in [4.69, 9.17) is 5.21 Å². The molecule has 0 saturated carbocycles. The van der Waals surface area contributed by atoms with Crippen LogP contribution in [0.15, 0.2) is 54.6 Å². The first-order valence-corrected chi connectivity index (χ1v) is 7.20. The zero-order valence-corrected chi connectivity index (χ0v) is 13.0. The standard InChI is InChI=1S/C19H16FNO3/c1-13-3-2-4-16(11-13)18(22)9-8-15-7-5-14(12-17(15)20)6-10-19(23)21-24/h2-12,24H,1H3,(H,21,23). The van der Waals surface area contributed by atoms with Gasteiger partial charge in [-0.3, -0.25) is 14.8 Å². The number of hydrogen-bond acceptors (Lipinski definition) is 3. The predicted molar refractivity (Wildman–Crippen MR) is 89.9 cm³/mol. The van der Waals surface area contributed by atoms with E-state index < -0.39 is 11.7 Å². The first kappa shape index (κ1) is 17.3.